The van der Waals surface area contributed by atoms with Gasteiger partial charge in [0.2, 0.25) is 0 Å². The third kappa shape index (κ3) is 3.09. The van der Waals surface area contributed by atoms with Crippen molar-refractivity contribution >= 4 is 28.9 Å². The molecule has 0 saturated carbocycles. The highest BCUT2D eigenvalue weighted by molar-refractivity contribution is 6.33. The van der Waals surface area contributed by atoms with E-state index in [0.717, 1.165) is 17.1 Å². The maximum atomic E-state index is 5.99. The molecule has 94 valence electrons. The van der Waals surface area contributed by atoms with Gasteiger partial charge < -0.3 is 4.90 Å². The van der Waals surface area contributed by atoms with E-state index < -0.39 is 0 Å². The number of halogens is 2. The van der Waals surface area contributed by atoms with Crippen molar-refractivity contribution in [3.05, 3.63) is 46.0 Å². The van der Waals surface area contributed by atoms with Crippen LogP contribution >= 0.6 is 23.2 Å². The SMILES string of the molecule is Cc1cccc(CN(C)c2cc(Cl)nnc2Cl)n1. The van der Waals surface area contributed by atoms with E-state index in [2.05, 4.69) is 15.2 Å². The summed E-state index contributed by atoms with van der Waals surface area (Å²) in [4.78, 5) is 6.37. The Labute approximate surface area is 116 Å². The first kappa shape index (κ1) is 13.1. The molecule has 0 N–H and O–H groups in total. The molecule has 0 aliphatic carbocycles. The Hall–Kier alpha value is -1.39. The predicted molar refractivity (Wildman–Crippen MR) is 73.1 cm³/mol. The Bertz CT molecular complexity index is 560. The zero-order chi connectivity index (χ0) is 13.1. The fraction of sp³-hybridized carbons (Fsp3) is 0.250. The average molecular weight is 283 g/mol. The summed E-state index contributed by atoms with van der Waals surface area (Å²) in [5, 5.41) is 8.11. The lowest BCUT2D eigenvalue weighted by Crippen LogP contribution is -2.18. The highest BCUT2D eigenvalue weighted by Gasteiger charge is 2.10. The molecule has 0 amide bonds. The molecule has 0 bridgehead atoms. The molecule has 2 rings (SSSR count). The van der Waals surface area contributed by atoms with Crippen LogP contribution in [0.4, 0.5) is 5.69 Å². The van der Waals surface area contributed by atoms with Crippen molar-refractivity contribution in [1.82, 2.24) is 15.2 Å². The van der Waals surface area contributed by atoms with Crippen LogP contribution in [0.5, 0.6) is 0 Å². The summed E-state index contributed by atoms with van der Waals surface area (Å²) in [6, 6.07) is 7.59. The Balaban J connectivity index is 2.21. The number of aromatic nitrogens is 3. The summed E-state index contributed by atoms with van der Waals surface area (Å²) in [6.45, 7) is 2.59. The van der Waals surface area contributed by atoms with Gasteiger partial charge in [0.1, 0.15) is 0 Å². The van der Waals surface area contributed by atoms with E-state index in [1.807, 2.05) is 37.1 Å². The van der Waals surface area contributed by atoms with Crippen LogP contribution in [0.25, 0.3) is 0 Å². The number of hydrogen-bond donors (Lipinski definition) is 0. The first-order valence-electron chi connectivity index (χ1n) is 5.38. The molecule has 0 aliphatic heterocycles. The fourth-order valence-corrected chi connectivity index (χ4v) is 2.01. The van der Waals surface area contributed by atoms with E-state index in [1.165, 1.54) is 0 Å². The van der Waals surface area contributed by atoms with E-state index in [9.17, 15) is 0 Å². The van der Waals surface area contributed by atoms with Crippen molar-refractivity contribution in [3.8, 4) is 0 Å². The van der Waals surface area contributed by atoms with Gasteiger partial charge in [-0.15, -0.1) is 10.2 Å². The van der Waals surface area contributed by atoms with Gasteiger partial charge in [0.25, 0.3) is 0 Å². The van der Waals surface area contributed by atoms with Crippen LogP contribution in [0.15, 0.2) is 24.3 Å². The maximum absolute atomic E-state index is 5.99. The second-order valence-electron chi connectivity index (χ2n) is 3.97. The smallest absolute Gasteiger partial charge is 0.175 e. The van der Waals surface area contributed by atoms with Gasteiger partial charge in [0.15, 0.2) is 10.3 Å². The van der Waals surface area contributed by atoms with Crippen molar-refractivity contribution in [1.29, 1.82) is 0 Å². The molecule has 0 fully saturated rings. The summed E-state index contributed by atoms with van der Waals surface area (Å²) in [6.07, 6.45) is 0. The molecule has 2 aromatic rings. The van der Waals surface area contributed by atoms with Crippen LogP contribution in [0.3, 0.4) is 0 Å². The predicted octanol–water partition coefficient (Wildman–Crippen LogP) is 3.12. The molecule has 2 heterocycles. The van der Waals surface area contributed by atoms with Gasteiger partial charge in [0, 0.05) is 18.8 Å². The standard InChI is InChI=1S/C12H12Cl2N4/c1-8-4-3-5-9(15-8)7-18(2)10-6-11(13)16-17-12(10)14/h3-6H,7H2,1-2H3. The largest absolute Gasteiger partial charge is 0.366 e. The highest BCUT2D eigenvalue weighted by Crippen LogP contribution is 2.25. The minimum absolute atomic E-state index is 0.318. The van der Waals surface area contributed by atoms with Gasteiger partial charge in [0.05, 0.1) is 17.9 Å². The molecule has 0 unspecified atom stereocenters. The molecule has 4 nitrogen and oxygen atoms in total. The Morgan fingerprint density at radius 1 is 1.22 bits per heavy atom. The Kier molecular flexibility index (Phi) is 3.99. The lowest BCUT2D eigenvalue weighted by atomic mass is 10.3. The number of anilines is 1. The minimum Gasteiger partial charge on any atom is -0.366 e. The van der Waals surface area contributed by atoms with Crippen molar-refractivity contribution in [2.24, 2.45) is 0 Å². The molecule has 2 aromatic heterocycles. The zero-order valence-electron chi connectivity index (χ0n) is 10.1. The van der Waals surface area contributed by atoms with Gasteiger partial charge >= 0.3 is 0 Å². The Morgan fingerprint density at radius 3 is 2.72 bits per heavy atom. The normalized spacial score (nSPS) is 10.4. The van der Waals surface area contributed by atoms with Crippen LogP contribution in [0.2, 0.25) is 10.3 Å². The molecular formula is C12H12Cl2N4. The van der Waals surface area contributed by atoms with E-state index in [4.69, 9.17) is 23.2 Å². The second-order valence-corrected chi connectivity index (χ2v) is 4.71. The fourth-order valence-electron chi connectivity index (χ4n) is 1.63. The van der Waals surface area contributed by atoms with Crippen LogP contribution in [-0.4, -0.2) is 22.2 Å². The number of rotatable bonds is 3. The number of pyridine rings is 1. The first-order chi connectivity index (χ1) is 8.56. The summed E-state index contributed by atoms with van der Waals surface area (Å²) >= 11 is 11.8. The van der Waals surface area contributed by atoms with Crippen molar-refractivity contribution in [3.63, 3.8) is 0 Å². The minimum atomic E-state index is 0.318. The van der Waals surface area contributed by atoms with Crippen LogP contribution in [0, 0.1) is 6.92 Å². The molecule has 0 radical (unpaired) electrons. The maximum Gasteiger partial charge on any atom is 0.175 e. The van der Waals surface area contributed by atoms with E-state index in [0.29, 0.717) is 16.9 Å². The molecular weight excluding hydrogens is 271 g/mol. The summed E-state index contributed by atoms with van der Waals surface area (Å²) < 4.78 is 0. The zero-order valence-corrected chi connectivity index (χ0v) is 11.6. The lowest BCUT2D eigenvalue weighted by molar-refractivity contribution is 0.866. The van der Waals surface area contributed by atoms with E-state index >= 15 is 0 Å². The average Bonchev–Trinajstić information content (AvgIpc) is 2.32. The van der Waals surface area contributed by atoms with Crippen LogP contribution in [0.1, 0.15) is 11.4 Å². The lowest BCUT2D eigenvalue weighted by Gasteiger charge is -2.19. The summed E-state index contributed by atoms with van der Waals surface area (Å²) in [7, 11) is 1.91. The monoisotopic (exact) mass is 282 g/mol. The molecule has 18 heavy (non-hydrogen) atoms. The Morgan fingerprint density at radius 2 is 2.00 bits per heavy atom. The molecule has 0 spiro atoms. The van der Waals surface area contributed by atoms with Crippen molar-refractivity contribution < 1.29 is 0 Å². The summed E-state index contributed by atoms with van der Waals surface area (Å²) in [5.74, 6) is 0. The molecule has 6 heteroatoms. The van der Waals surface area contributed by atoms with Crippen molar-refractivity contribution in [2.45, 2.75) is 13.5 Å². The molecule has 0 atom stereocenters. The first-order valence-corrected chi connectivity index (χ1v) is 6.14. The quantitative estimate of drug-likeness (QED) is 0.868. The second kappa shape index (κ2) is 5.50. The number of hydrogen-bond acceptors (Lipinski definition) is 4. The third-order valence-electron chi connectivity index (χ3n) is 2.46. The van der Waals surface area contributed by atoms with Gasteiger partial charge in [-0.05, 0) is 19.1 Å². The number of aryl methyl sites for hydroxylation is 1. The number of nitrogens with zero attached hydrogens (tertiary/aromatic N) is 4. The van der Waals surface area contributed by atoms with Gasteiger partial charge in [-0.25, -0.2) is 0 Å². The third-order valence-corrected chi connectivity index (χ3v) is 2.91. The van der Waals surface area contributed by atoms with E-state index in [1.54, 1.807) is 6.07 Å². The molecule has 0 aromatic carbocycles. The van der Waals surface area contributed by atoms with Gasteiger partial charge in [-0.3, -0.25) is 4.98 Å². The molecule has 0 saturated heterocycles. The summed E-state index contributed by atoms with van der Waals surface area (Å²) in [5.41, 5.74) is 2.68. The van der Waals surface area contributed by atoms with Crippen LogP contribution in [-0.2, 0) is 6.54 Å². The van der Waals surface area contributed by atoms with Crippen LogP contribution < -0.4 is 4.90 Å². The van der Waals surface area contributed by atoms with Crippen molar-refractivity contribution in [2.75, 3.05) is 11.9 Å². The van der Waals surface area contributed by atoms with Gasteiger partial charge in [-0.1, -0.05) is 29.3 Å². The van der Waals surface area contributed by atoms with E-state index in [-0.39, 0.29) is 0 Å². The van der Waals surface area contributed by atoms with Gasteiger partial charge in [-0.2, -0.15) is 0 Å². The molecule has 0 aliphatic rings. The highest BCUT2D eigenvalue weighted by atomic mass is 35.5. The topological polar surface area (TPSA) is 41.9 Å².